The van der Waals surface area contributed by atoms with Crippen LogP contribution in [0.2, 0.25) is 5.02 Å². The molecule has 0 bridgehead atoms. The third-order valence-corrected chi connectivity index (χ3v) is 3.66. The Balaban J connectivity index is 1.53. The lowest BCUT2D eigenvalue weighted by atomic mass is 10.2. The summed E-state index contributed by atoms with van der Waals surface area (Å²) in [7, 11) is 0. The summed E-state index contributed by atoms with van der Waals surface area (Å²) in [5.41, 5.74) is 0.548. The van der Waals surface area contributed by atoms with Crippen LogP contribution in [-0.2, 0) is 4.79 Å². The minimum atomic E-state index is -0.173. The van der Waals surface area contributed by atoms with E-state index in [0.717, 1.165) is 5.75 Å². The molecule has 0 saturated heterocycles. The van der Waals surface area contributed by atoms with Crippen LogP contribution in [0.4, 0.5) is 0 Å². The third kappa shape index (κ3) is 7.27. The number of benzene rings is 2. The van der Waals surface area contributed by atoms with Crippen LogP contribution < -0.4 is 15.4 Å². The molecule has 2 aromatic rings. The molecule has 2 rings (SSSR count). The highest BCUT2D eigenvalue weighted by Crippen LogP contribution is 2.09. The molecule has 2 N–H and O–H groups in total. The lowest BCUT2D eigenvalue weighted by Gasteiger charge is -2.08. The van der Waals surface area contributed by atoms with Crippen LogP contribution in [0.3, 0.4) is 0 Å². The maximum Gasteiger partial charge on any atom is 0.251 e. The highest BCUT2D eigenvalue weighted by Gasteiger charge is 2.05. The molecule has 0 radical (unpaired) electrons. The molecule has 6 heteroatoms. The highest BCUT2D eigenvalue weighted by atomic mass is 35.5. The predicted molar refractivity (Wildman–Crippen MR) is 98.0 cm³/mol. The van der Waals surface area contributed by atoms with Crippen LogP contribution in [0.25, 0.3) is 0 Å². The van der Waals surface area contributed by atoms with Gasteiger partial charge in [0.25, 0.3) is 5.91 Å². The van der Waals surface area contributed by atoms with E-state index in [1.807, 2.05) is 30.3 Å². The van der Waals surface area contributed by atoms with E-state index in [2.05, 4.69) is 10.6 Å². The number of carbonyl (C=O) groups is 2. The summed E-state index contributed by atoms with van der Waals surface area (Å²) in [4.78, 5) is 23.6. The number of hydrogen-bond acceptors (Lipinski definition) is 3. The molecule has 0 aromatic heterocycles. The van der Waals surface area contributed by atoms with Gasteiger partial charge in [-0.1, -0.05) is 29.8 Å². The number of nitrogens with one attached hydrogen (secondary N) is 2. The van der Waals surface area contributed by atoms with Crippen LogP contribution in [-0.4, -0.2) is 31.5 Å². The summed E-state index contributed by atoms with van der Waals surface area (Å²) < 4.78 is 5.49. The fourth-order valence-electron chi connectivity index (χ4n) is 2.12. The summed E-state index contributed by atoms with van der Waals surface area (Å²) in [5, 5.41) is 6.15. The van der Waals surface area contributed by atoms with E-state index in [1.165, 1.54) is 0 Å². The second kappa shape index (κ2) is 10.4. The van der Waals surface area contributed by atoms with Gasteiger partial charge in [-0.05, 0) is 42.8 Å². The van der Waals surface area contributed by atoms with Gasteiger partial charge in [0.2, 0.25) is 5.91 Å². The smallest absolute Gasteiger partial charge is 0.251 e. The summed E-state index contributed by atoms with van der Waals surface area (Å²) >= 11 is 5.78. The molecular formula is C19H21ClN2O3. The molecule has 0 spiro atoms. The molecule has 0 unspecified atom stereocenters. The first-order valence-electron chi connectivity index (χ1n) is 8.13. The Morgan fingerprint density at radius 1 is 0.920 bits per heavy atom. The first kappa shape index (κ1) is 18.8. The molecule has 0 atom stereocenters. The van der Waals surface area contributed by atoms with Gasteiger partial charge in [0.1, 0.15) is 12.4 Å². The first-order chi connectivity index (χ1) is 12.1. The number of hydrogen-bond donors (Lipinski definition) is 2. The normalized spacial score (nSPS) is 10.1. The monoisotopic (exact) mass is 360 g/mol. The largest absolute Gasteiger partial charge is 0.492 e. The number of carbonyl (C=O) groups excluding carboxylic acids is 2. The third-order valence-electron chi connectivity index (χ3n) is 3.41. The Morgan fingerprint density at radius 2 is 1.64 bits per heavy atom. The predicted octanol–water partition coefficient (Wildman–Crippen LogP) is 3.05. The fraction of sp³-hybridized carbons (Fsp3) is 0.263. The quantitative estimate of drug-likeness (QED) is 0.675. The van der Waals surface area contributed by atoms with Gasteiger partial charge >= 0.3 is 0 Å². The average Bonchev–Trinajstić information content (AvgIpc) is 2.63. The minimum Gasteiger partial charge on any atom is -0.492 e. The Kier molecular flexibility index (Phi) is 7.79. The number of halogens is 1. The summed E-state index contributed by atoms with van der Waals surface area (Å²) in [5.74, 6) is 0.549. The standard InChI is InChI=1S/C19H21ClN2O3/c20-16-10-8-15(9-11-16)19(24)22-12-4-7-18(23)21-13-14-25-17-5-2-1-3-6-17/h1-3,5-6,8-11H,4,7,12-14H2,(H,21,23)(H,22,24). The summed E-state index contributed by atoms with van der Waals surface area (Å²) in [6, 6.07) is 16.1. The fourth-order valence-corrected chi connectivity index (χ4v) is 2.24. The number of amides is 2. The van der Waals surface area contributed by atoms with E-state index in [-0.39, 0.29) is 11.8 Å². The lowest BCUT2D eigenvalue weighted by molar-refractivity contribution is -0.121. The molecule has 0 aliphatic carbocycles. The Hall–Kier alpha value is -2.53. The van der Waals surface area contributed by atoms with Gasteiger partial charge in [-0.15, -0.1) is 0 Å². The molecule has 0 aliphatic heterocycles. The molecule has 0 aliphatic rings. The van der Waals surface area contributed by atoms with Crippen molar-refractivity contribution >= 4 is 23.4 Å². The molecule has 2 amide bonds. The van der Waals surface area contributed by atoms with E-state index in [1.54, 1.807) is 24.3 Å². The SMILES string of the molecule is O=C(CCCNC(=O)c1ccc(Cl)cc1)NCCOc1ccccc1. The maximum absolute atomic E-state index is 11.9. The van der Waals surface area contributed by atoms with Crippen molar-refractivity contribution in [3.63, 3.8) is 0 Å². The molecular weight excluding hydrogens is 340 g/mol. The summed E-state index contributed by atoms with van der Waals surface area (Å²) in [6.07, 6.45) is 0.928. The van der Waals surface area contributed by atoms with Crippen molar-refractivity contribution < 1.29 is 14.3 Å². The second-order valence-electron chi connectivity index (χ2n) is 5.38. The molecule has 2 aromatic carbocycles. The van der Waals surface area contributed by atoms with Gasteiger partial charge in [0.05, 0.1) is 6.54 Å². The van der Waals surface area contributed by atoms with Crippen molar-refractivity contribution in [3.8, 4) is 5.75 Å². The van der Waals surface area contributed by atoms with Crippen molar-refractivity contribution in [2.45, 2.75) is 12.8 Å². The van der Waals surface area contributed by atoms with E-state index < -0.39 is 0 Å². The molecule has 132 valence electrons. The minimum absolute atomic E-state index is 0.0580. The zero-order valence-corrected chi connectivity index (χ0v) is 14.6. The van der Waals surface area contributed by atoms with Crippen molar-refractivity contribution in [3.05, 3.63) is 65.2 Å². The zero-order chi connectivity index (χ0) is 17.9. The topological polar surface area (TPSA) is 67.4 Å². The summed E-state index contributed by atoms with van der Waals surface area (Å²) in [6.45, 7) is 1.31. The van der Waals surface area contributed by atoms with Crippen LogP contribution in [0.5, 0.6) is 5.75 Å². The zero-order valence-electron chi connectivity index (χ0n) is 13.8. The van der Waals surface area contributed by atoms with Crippen molar-refractivity contribution in [2.75, 3.05) is 19.7 Å². The molecule has 25 heavy (non-hydrogen) atoms. The number of rotatable bonds is 9. The van der Waals surface area contributed by atoms with Gasteiger partial charge in [-0.2, -0.15) is 0 Å². The molecule has 0 fully saturated rings. The Bertz CT molecular complexity index is 675. The van der Waals surface area contributed by atoms with Crippen LogP contribution in [0.1, 0.15) is 23.2 Å². The van der Waals surface area contributed by atoms with Gasteiger partial charge in [-0.3, -0.25) is 9.59 Å². The van der Waals surface area contributed by atoms with Crippen LogP contribution >= 0.6 is 11.6 Å². The van der Waals surface area contributed by atoms with Crippen molar-refractivity contribution in [2.24, 2.45) is 0 Å². The molecule has 5 nitrogen and oxygen atoms in total. The van der Waals surface area contributed by atoms with Crippen LogP contribution in [0, 0.1) is 0 Å². The van der Waals surface area contributed by atoms with Crippen LogP contribution in [0.15, 0.2) is 54.6 Å². The van der Waals surface area contributed by atoms with E-state index in [9.17, 15) is 9.59 Å². The van der Waals surface area contributed by atoms with E-state index in [0.29, 0.717) is 43.1 Å². The first-order valence-corrected chi connectivity index (χ1v) is 8.51. The van der Waals surface area contributed by atoms with Gasteiger partial charge in [0, 0.05) is 23.6 Å². The molecule has 0 saturated carbocycles. The van der Waals surface area contributed by atoms with Crippen molar-refractivity contribution in [1.82, 2.24) is 10.6 Å². The number of ether oxygens (including phenoxy) is 1. The van der Waals surface area contributed by atoms with Gasteiger partial charge in [0.15, 0.2) is 0 Å². The van der Waals surface area contributed by atoms with Gasteiger partial charge < -0.3 is 15.4 Å². The Labute approximate surface area is 152 Å². The maximum atomic E-state index is 11.9. The molecule has 0 heterocycles. The van der Waals surface area contributed by atoms with Gasteiger partial charge in [-0.25, -0.2) is 0 Å². The highest BCUT2D eigenvalue weighted by molar-refractivity contribution is 6.30. The van der Waals surface area contributed by atoms with Crippen molar-refractivity contribution in [1.29, 1.82) is 0 Å². The van der Waals surface area contributed by atoms with E-state index in [4.69, 9.17) is 16.3 Å². The van der Waals surface area contributed by atoms with E-state index >= 15 is 0 Å². The average molecular weight is 361 g/mol. The Morgan fingerprint density at radius 3 is 2.36 bits per heavy atom. The second-order valence-corrected chi connectivity index (χ2v) is 5.81. The lowest BCUT2D eigenvalue weighted by Crippen LogP contribution is -2.29. The number of para-hydroxylation sites is 1.